The monoisotopic (exact) mass is 752 g/mol. The van der Waals surface area contributed by atoms with Crippen molar-refractivity contribution in [3.8, 4) is 43.7 Å². The van der Waals surface area contributed by atoms with Gasteiger partial charge in [-0.15, -0.1) is 27.8 Å². The van der Waals surface area contributed by atoms with Gasteiger partial charge in [-0.1, -0.05) is 41.6 Å². The number of nitrogens with one attached hydrogen (secondary N) is 2. The van der Waals surface area contributed by atoms with E-state index in [9.17, 15) is 0 Å². The van der Waals surface area contributed by atoms with Crippen LogP contribution in [0.15, 0.2) is 136 Å². The molecule has 0 fully saturated rings. The smallest absolute Gasteiger partial charge is 0.172 e. The van der Waals surface area contributed by atoms with E-state index in [2.05, 4.69) is 41.5 Å². The van der Waals surface area contributed by atoms with Gasteiger partial charge in [-0.25, -0.2) is 9.97 Å². The Balaban J connectivity index is 1.38. The largest absolute Gasteiger partial charge is 0.364 e. The van der Waals surface area contributed by atoms with Gasteiger partial charge in [0, 0.05) is 80.2 Å². The fraction of sp³-hybridized carbons (Fsp3) is 0.0250. The number of rotatable bonds is 7. The van der Waals surface area contributed by atoms with Crippen LogP contribution >= 0.6 is 22.7 Å². The van der Waals surface area contributed by atoms with Crippen LogP contribution in [0.25, 0.3) is 65.5 Å². The van der Waals surface area contributed by atoms with Crippen LogP contribution in [0.5, 0.6) is 0 Å². The second kappa shape index (κ2) is 12.7. The van der Waals surface area contributed by atoms with E-state index in [1.807, 2.05) is 108 Å². The highest BCUT2D eigenvalue weighted by Crippen LogP contribution is 2.58. The van der Waals surface area contributed by atoms with E-state index in [4.69, 9.17) is 29.7 Å². The number of para-hydroxylation sites is 1. The Kier molecular flexibility index (Phi) is 7.24. The second-order valence-electron chi connectivity index (χ2n) is 12.6. The first-order valence-corrected chi connectivity index (χ1v) is 19.0. The van der Waals surface area contributed by atoms with Crippen LogP contribution in [0.1, 0.15) is 23.1 Å². The van der Waals surface area contributed by atoms with Crippen LogP contribution < -0.4 is 4.90 Å². The van der Waals surface area contributed by atoms with Crippen molar-refractivity contribution in [3.05, 3.63) is 144 Å². The molecular formula is C40H24N12OS2. The zero-order chi connectivity index (χ0) is 36.3. The Bertz CT molecular complexity index is 3000. The minimum absolute atomic E-state index is 0.567. The van der Waals surface area contributed by atoms with Gasteiger partial charge in [0.15, 0.2) is 6.17 Å². The summed E-state index contributed by atoms with van der Waals surface area (Å²) in [5.41, 5.74) is 9.49. The number of aromatic nitrogens is 10. The highest BCUT2D eigenvalue weighted by molar-refractivity contribution is 7.13. The first-order valence-electron chi connectivity index (χ1n) is 17.2. The second-order valence-corrected chi connectivity index (χ2v) is 14.4. The zero-order valence-electron chi connectivity index (χ0n) is 28.4. The third-order valence-electron chi connectivity index (χ3n) is 9.57. The molecule has 0 saturated carbocycles. The van der Waals surface area contributed by atoms with E-state index in [1.54, 1.807) is 12.5 Å². The molecule has 1 atom stereocenters. The number of benzene rings is 3. The topological polar surface area (TPSA) is 163 Å². The molecule has 2 N–H and O–H groups in total. The molecule has 3 aromatic carbocycles. The normalized spacial score (nSPS) is 14.1. The van der Waals surface area contributed by atoms with Crippen molar-refractivity contribution in [2.75, 3.05) is 4.90 Å². The van der Waals surface area contributed by atoms with Crippen molar-refractivity contribution < 1.29 is 4.52 Å². The molecule has 55 heavy (non-hydrogen) atoms. The van der Waals surface area contributed by atoms with Crippen LogP contribution in [0.4, 0.5) is 11.5 Å². The number of thiazole rings is 2. The quantitative estimate of drug-likeness (QED) is 0.161. The summed E-state index contributed by atoms with van der Waals surface area (Å²) in [7, 11) is 0. The molecule has 1 aliphatic heterocycles. The number of H-pyrrole nitrogens is 2. The maximum atomic E-state index is 5.63. The minimum atomic E-state index is -0.726. The summed E-state index contributed by atoms with van der Waals surface area (Å²) < 4.78 is 5.63. The molecule has 7 aromatic heterocycles. The summed E-state index contributed by atoms with van der Waals surface area (Å²) in [6.45, 7) is 0. The van der Waals surface area contributed by atoms with Crippen molar-refractivity contribution in [3.63, 3.8) is 0 Å². The molecule has 0 aliphatic carbocycles. The van der Waals surface area contributed by atoms with Gasteiger partial charge < -0.3 is 9.51 Å². The number of hydrogen-bond acceptors (Lipinski definition) is 13. The Morgan fingerprint density at radius 3 is 2.31 bits per heavy atom. The van der Waals surface area contributed by atoms with Gasteiger partial charge in [0.25, 0.3) is 0 Å². The SMILES string of the molecule is c1cnnc(C2=NC(c3cc4ccccc4nn3)N(c3ccc[nH]3)c3c2c(-c2nccs2)c(-c2n[nH]c4ccccc24)c(-c2nccs2)c3-c2ccon2)c1. The number of hydrogen-bond donors (Lipinski definition) is 2. The molecule has 8 heterocycles. The van der Waals surface area contributed by atoms with Crippen molar-refractivity contribution in [2.45, 2.75) is 6.17 Å². The lowest BCUT2D eigenvalue weighted by Gasteiger charge is -2.38. The lowest BCUT2D eigenvalue weighted by molar-refractivity contribution is 0.422. The predicted molar refractivity (Wildman–Crippen MR) is 212 cm³/mol. The lowest BCUT2D eigenvalue weighted by Crippen LogP contribution is -2.33. The van der Waals surface area contributed by atoms with Crippen LogP contribution in [0.3, 0.4) is 0 Å². The molecule has 0 saturated heterocycles. The first kappa shape index (κ1) is 31.3. The molecule has 0 radical (unpaired) electrons. The molecule has 0 spiro atoms. The summed E-state index contributed by atoms with van der Waals surface area (Å²) >= 11 is 3.06. The fourth-order valence-electron chi connectivity index (χ4n) is 7.35. The number of fused-ring (bicyclic) bond motifs is 3. The van der Waals surface area contributed by atoms with E-state index < -0.39 is 6.17 Å². The molecule has 10 aromatic rings. The number of anilines is 2. The lowest BCUT2D eigenvalue weighted by atomic mass is 9.82. The third-order valence-corrected chi connectivity index (χ3v) is 11.2. The summed E-state index contributed by atoms with van der Waals surface area (Å²) in [4.78, 5) is 21.2. The Morgan fingerprint density at radius 1 is 0.709 bits per heavy atom. The van der Waals surface area contributed by atoms with Gasteiger partial charge in [0.05, 0.1) is 22.4 Å². The highest BCUT2D eigenvalue weighted by Gasteiger charge is 2.42. The molecule has 262 valence electrons. The van der Waals surface area contributed by atoms with Gasteiger partial charge in [-0.3, -0.25) is 15.0 Å². The van der Waals surface area contributed by atoms with Gasteiger partial charge in [0.1, 0.15) is 44.9 Å². The first-order chi connectivity index (χ1) is 27.3. The van der Waals surface area contributed by atoms with Crippen LogP contribution in [0, 0.1) is 0 Å². The van der Waals surface area contributed by atoms with Crippen LogP contribution in [0.2, 0.25) is 0 Å². The third kappa shape index (κ3) is 5.01. The number of nitrogens with zero attached hydrogens (tertiary/aromatic N) is 10. The maximum Gasteiger partial charge on any atom is 0.172 e. The van der Waals surface area contributed by atoms with Gasteiger partial charge in [0.2, 0.25) is 0 Å². The van der Waals surface area contributed by atoms with Crippen LogP contribution in [-0.2, 0) is 0 Å². The summed E-state index contributed by atoms with van der Waals surface area (Å²) in [5.74, 6) is 0.765. The summed E-state index contributed by atoms with van der Waals surface area (Å²) in [6.07, 6.45) is 8.02. The average molecular weight is 753 g/mol. The van der Waals surface area contributed by atoms with Gasteiger partial charge in [-0.05, 0) is 42.5 Å². The van der Waals surface area contributed by atoms with Crippen molar-refractivity contribution >= 4 is 61.7 Å². The summed E-state index contributed by atoms with van der Waals surface area (Å²) in [5, 5.41) is 38.7. The fourth-order valence-corrected chi connectivity index (χ4v) is 8.74. The molecule has 0 amide bonds. The van der Waals surface area contributed by atoms with Crippen molar-refractivity contribution in [2.24, 2.45) is 4.99 Å². The van der Waals surface area contributed by atoms with E-state index in [-0.39, 0.29) is 0 Å². The Hall–Kier alpha value is -7.23. The molecule has 11 rings (SSSR count). The number of aromatic amines is 2. The number of aliphatic imine (C=N–C) groups is 1. The molecule has 1 unspecified atom stereocenters. The van der Waals surface area contributed by atoms with Gasteiger partial charge in [-0.2, -0.15) is 20.4 Å². The zero-order valence-corrected chi connectivity index (χ0v) is 30.0. The van der Waals surface area contributed by atoms with Crippen LogP contribution in [-0.4, -0.2) is 56.4 Å². The standard InChI is InChI=1S/C40H24N12OS2/c1-3-9-24-22(7-1)21-28(49-47-24)38-45-36(27-11-5-15-44-46-27)34-33(40-43-17-20-55-40)31(35-23-8-2-4-10-25(23)48-50-35)32(39-42-16-19-54-39)30(26-13-18-53-51-26)37(34)52(38)29-12-6-14-41-29/h1-21,38,41H,(H,48,50). The minimum Gasteiger partial charge on any atom is -0.364 e. The molecule has 15 heteroatoms. The van der Waals surface area contributed by atoms with E-state index in [0.717, 1.165) is 76.8 Å². The Morgan fingerprint density at radius 2 is 1.55 bits per heavy atom. The van der Waals surface area contributed by atoms with Gasteiger partial charge >= 0.3 is 0 Å². The van der Waals surface area contributed by atoms with E-state index in [0.29, 0.717) is 22.8 Å². The molecular weight excluding hydrogens is 729 g/mol. The molecule has 1 aliphatic rings. The van der Waals surface area contributed by atoms with E-state index in [1.165, 1.54) is 22.7 Å². The van der Waals surface area contributed by atoms with Crippen molar-refractivity contribution in [1.29, 1.82) is 0 Å². The van der Waals surface area contributed by atoms with Crippen molar-refractivity contribution in [1.82, 2.24) is 50.7 Å². The summed E-state index contributed by atoms with van der Waals surface area (Å²) in [6, 6.07) is 27.7. The molecule has 13 nitrogen and oxygen atoms in total. The molecule has 0 bridgehead atoms. The maximum absolute atomic E-state index is 5.63. The predicted octanol–water partition coefficient (Wildman–Crippen LogP) is 8.88. The average Bonchev–Trinajstić information content (AvgIpc) is 4.10. The van der Waals surface area contributed by atoms with E-state index >= 15 is 0 Å². The Labute approximate surface area is 319 Å². The highest BCUT2D eigenvalue weighted by atomic mass is 32.1.